The lowest BCUT2D eigenvalue weighted by Crippen LogP contribution is -2.24. The van der Waals surface area contributed by atoms with Gasteiger partial charge in [-0.2, -0.15) is 0 Å². The number of pyridine rings is 2. The first kappa shape index (κ1) is 22.5. The predicted octanol–water partition coefficient (Wildman–Crippen LogP) is 5.38. The lowest BCUT2D eigenvalue weighted by atomic mass is 10.1. The van der Waals surface area contributed by atoms with E-state index in [-0.39, 0.29) is 5.91 Å². The van der Waals surface area contributed by atoms with Crippen LogP contribution in [0.3, 0.4) is 0 Å². The third-order valence-corrected chi connectivity index (χ3v) is 6.00. The number of benzene rings is 1. The van der Waals surface area contributed by atoms with Gasteiger partial charge in [-0.15, -0.1) is 11.3 Å². The molecule has 5 nitrogen and oxygen atoms in total. The van der Waals surface area contributed by atoms with E-state index in [0.29, 0.717) is 36.5 Å². The molecule has 168 valence electrons. The first-order valence-electron chi connectivity index (χ1n) is 10.4. The number of hydrogen-bond acceptors (Lipinski definition) is 5. The van der Waals surface area contributed by atoms with Crippen LogP contribution in [0.2, 0.25) is 0 Å². The van der Waals surface area contributed by atoms with E-state index in [0.717, 1.165) is 27.8 Å². The van der Waals surface area contributed by atoms with Crippen molar-refractivity contribution in [3.63, 3.8) is 0 Å². The Morgan fingerprint density at radius 1 is 1.06 bits per heavy atom. The van der Waals surface area contributed by atoms with Crippen molar-refractivity contribution in [1.82, 2.24) is 15.3 Å². The first-order valence-corrected chi connectivity index (χ1v) is 11.3. The van der Waals surface area contributed by atoms with Crippen molar-refractivity contribution >= 4 is 23.1 Å². The Bertz CT molecular complexity index is 1240. The number of nitrogens with one attached hydrogen (secondary N) is 2. The number of anilines is 1. The third kappa shape index (κ3) is 5.98. The maximum atomic E-state index is 13.5. The van der Waals surface area contributed by atoms with Crippen molar-refractivity contribution in [3.05, 3.63) is 100 Å². The SMILES string of the molecule is Cc1csc(-c2ccc(C(=O)NCc3cccnc3)c(NCCc3cc(F)cc(F)c3)n2)c1. The van der Waals surface area contributed by atoms with E-state index in [1.807, 2.05) is 36.6 Å². The Labute approximate surface area is 194 Å². The van der Waals surface area contributed by atoms with Crippen molar-refractivity contribution in [2.45, 2.75) is 19.9 Å². The summed E-state index contributed by atoms with van der Waals surface area (Å²) in [5.74, 6) is -1.10. The zero-order chi connectivity index (χ0) is 23.2. The minimum Gasteiger partial charge on any atom is -0.369 e. The molecule has 0 aliphatic rings. The highest BCUT2D eigenvalue weighted by Gasteiger charge is 2.15. The van der Waals surface area contributed by atoms with Crippen LogP contribution in [0, 0.1) is 18.6 Å². The van der Waals surface area contributed by atoms with E-state index in [1.165, 1.54) is 12.1 Å². The van der Waals surface area contributed by atoms with Crippen LogP contribution in [-0.4, -0.2) is 22.4 Å². The zero-order valence-electron chi connectivity index (χ0n) is 17.9. The molecule has 3 aromatic heterocycles. The highest BCUT2D eigenvalue weighted by atomic mass is 32.1. The Morgan fingerprint density at radius 3 is 2.58 bits per heavy atom. The largest absolute Gasteiger partial charge is 0.369 e. The van der Waals surface area contributed by atoms with Gasteiger partial charge in [-0.1, -0.05) is 6.07 Å². The van der Waals surface area contributed by atoms with Crippen LogP contribution >= 0.6 is 11.3 Å². The number of nitrogens with zero attached hydrogens (tertiary/aromatic N) is 2. The molecule has 2 N–H and O–H groups in total. The van der Waals surface area contributed by atoms with Crippen LogP contribution in [0.5, 0.6) is 0 Å². The standard InChI is InChI=1S/C25H22F2N4OS/c1-16-9-23(33-15-16)22-5-4-21(25(32)30-14-18-3-2-7-28-13-18)24(31-22)29-8-6-17-10-19(26)12-20(27)11-17/h2-5,7,9-13,15H,6,8,14H2,1H3,(H,29,31)(H,30,32). The summed E-state index contributed by atoms with van der Waals surface area (Å²) in [6.07, 6.45) is 3.74. The van der Waals surface area contributed by atoms with Crippen LogP contribution in [0.4, 0.5) is 14.6 Å². The van der Waals surface area contributed by atoms with Gasteiger partial charge in [0.2, 0.25) is 0 Å². The minimum absolute atomic E-state index is 0.278. The second-order valence-electron chi connectivity index (χ2n) is 7.58. The molecule has 8 heteroatoms. The molecule has 0 unspecified atom stereocenters. The average Bonchev–Trinajstić information content (AvgIpc) is 3.24. The second-order valence-corrected chi connectivity index (χ2v) is 8.49. The van der Waals surface area contributed by atoms with E-state index in [2.05, 4.69) is 20.6 Å². The van der Waals surface area contributed by atoms with Crippen LogP contribution in [0.15, 0.2) is 66.3 Å². The molecular formula is C25H22F2N4OS. The molecule has 1 amide bonds. The van der Waals surface area contributed by atoms with Gasteiger partial charge in [0.1, 0.15) is 17.5 Å². The molecule has 4 rings (SSSR count). The Hall–Kier alpha value is -3.65. The van der Waals surface area contributed by atoms with Gasteiger partial charge in [0.25, 0.3) is 5.91 Å². The molecule has 0 saturated heterocycles. The summed E-state index contributed by atoms with van der Waals surface area (Å²) in [6, 6.07) is 12.7. The zero-order valence-corrected chi connectivity index (χ0v) is 18.8. The summed E-state index contributed by atoms with van der Waals surface area (Å²) in [7, 11) is 0. The molecule has 4 aromatic rings. The van der Waals surface area contributed by atoms with Gasteiger partial charge < -0.3 is 10.6 Å². The van der Waals surface area contributed by atoms with Crippen molar-refractivity contribution in [1.29, 1.82) is 0 Å². The molecule has 0 bridgehead atoms. The molecular weight excluding hydrogens is 442 g/mol. The van der Waals surface area contributed by atoms with Gasteiger partial charge in [0.05, 0.1) is 16.1 Å². The first-order chi connectivity index (χ1) is 16.0. The maximum Gasteiger partial charge on any atom is 0.255 e. The summed E-state index contributed by atoms with van der Waals surface area (Å²) in [6.45, 7) is 2.70. The van der Waals surface area contributed by atoms with Crippen LogP contribution in [0.1, 0.15) is 27.0 Å². The Kier molecular flexibility index (Phi) is 7.04. The summed E-state index contributed by atoms with van der Waals surface area (Å²) in [4.78, 5) is 22.6. The monoisotopic (exact) mass is 464 g/mol. The Balaban J connectivity index is 1.53. The fourth-order valence-electron chi connectivity index (χ4n) is 3.34. The van der Waals surface area contributed by atoms with E-state index in [1.54, 1.807) is 29.8 Å². The molecule has 0 atom stereocenters. The van der Waals surface area contributed by atoms with Crippen molar-refractivity contribution < 1.29 is 13.6 Å². The van der Waals surface area contributed by atoms with Crippen molar-refractivity contribution in [2.24, 2.45) is 0 Å². The number of aromatic nitrogens is 2. The number of thiophene rings is 1. The molecule has 0 aliphatic carbocycles. The predicted molar refractivity (Wildman–Crippen MR) is 126 cm³/mol. The van der Waals surface area contributed by atoms with Crippen LogP contribution in [0.25, 0.3) is 10.6 Å². The third-order valence-electron chi connectivity index (χ3n) is 4.93. The molecule has 0 fully saturated rings. The van der Waals surface area contributed by atoms with Crippen LogP contribution in [-0.2, 0) is 13.0 Å². The molecule has 33 heavy (non-hydrogen) atoms. The van der Waals surface area contributed by atoms with E-state index in [4.69, 9.17) is 0 Å². The second kappa shape index (κ2) is 10.3. The van der Waals surface area contributed by atoms with Gasteiger partial charge >= 0.3 is 0 Å². The lowest BCUT2D eigenvalue weighted by molar-refractivity contribution is 0.0951. The van der Waals surface area contributed by atoms with Gasteiger partial charge in [0.15, 0.2) is 0 Å². The molecule has 0 radical (unpaired) electrons. The Morgan fingerprint density at radius 2 is 1.88 bits per heavy atom. The number of halogens is 2. The average molecular weight is 465 g/mol. The molecule has 1 aromatic carbocycles. The number of hydrogen-bond donors (Lipinski definition) is 2. The number of carbonyl (C=O) groups excluding carboxylic acids is 1. The smallest absolute Gasteiger partial charge is 0.255 e. The number of rotatable bonds is 8. The van der Waals surface area contributed by atoms with E-state index >= 15 is 0 Å². The van der Waals surface area contributed by atoms with Gasteiger partial charge in [0, 0.05) is 31.5 Å². The van der Waals surface area contributed by atoms with E-state index < -0.39 is 11.6 Å². The summed E-state index contributed by atoms with van der Waals surface area (Å²) < 4.78 is 27.0. The summed E-state index contributed by atoms with van der Waals surface area (Å²) in [5, 5.41) is 8.10. The number of amides is 1. The van der Waals surface area contributed by atoms with E-state index in [9.17, 15) is 13.6 Å². The highest BCUT2D eigenvalue weighted by molar-refractivity contribution is 7.13. The fraction of sp³-hybridized carbons (Fsp3) is 0.160. The van der Waals surface area contributed by atoms with Gasteiger partial charge in [-0.3, -0.25) is 9.78 Å². The van der Waals surface area contributed by atoms with Crippen molar-refractivity contribution in [3.8, 4) is 10.6 Å². The summed E-state index contributed by atoms with van der Waals surface area (Å²) in [5.41, 5.74) is 3.68. The normalized spacial score (nSPS) is 10.8. The van der Waals surface area contributed by atoms with Gasteiger partial charge in [-0.25, -0.2) is 13.8 Å². The molecule has 3 heterocycles. The minimum atomic E-state index is -0.617. The topological polar surface area (TPSA) is 66.9 Å². The summed E-state index contributed by atoms with van der Waals surface area (Å²) >= 11 is 1.58. The molecule has 0 saturated carbocycles. The molecule has 0 spiro atoms. The van der Waals surface area contributed by atoms with Crippen molar-refractivity contribution in [2.75, 3.05) is 11.9 Å². The quantitative estimate of drug-likeness (QED) is 0.368. The fourth-order valence-corrected chi connectivity index (χ4v) is 4.21. The number of carbonyl (C=O) groups is 1. The number of aryl methyl sites for hydroxylation is 1. The van der Waals surface area contributed by atoms with Gasteiger partial charge in [-0.05, 0) is 71.8 Å². The highest BCUT2D eigenvalue weighted by Crippen LogP contribution is 2.28. The van der Waals surface area contributed by atoms with Crippen LogP contribution < -0.4 is 10.6 Å². The lowest BCUT2D eigenvalue weighted by Gasteiger charge is -2.13. The maximum absolute atomic E-state index is 13.5. The molecule has 0 aliphatic heterocycles.